The molecule has 28 heavy (non-hydrogen) atoms. The first-order chi connectivity index (χ1) is 12.8. The first kappa shape index (κ1) is 23.4. The van der Waals surface area contributed by atoms with E-state index in [0.29, 0.717) is 18.4 Å². The van der Waals surface area contributed by atoms with Gasteiger partial charge in [0.1, 0.15) is 0 Å². The summed E-state index contributed by atoms with van der Waals surface area (Å²) in [6.45, 7) is 12.1. The lowest BCUT2D eigenvalue weighted by atomic mass is 9.80. The van der Waals surface area contributed by atoms with Crippen LogP contribution in [0.3, 0.4) is 0 Å². The minimum absolute atomic E-state index is 0. The van der Waals surface area contributed by atoms with Gasteiger partial charge in [-0.15, -0.1) is 12.4 Å². The Hall–Kier alpha value is -0.850. The molecule has 0 aromatic heterocycles. The second-order valence-corrected chi connectivity index (χ2v) is 9.78. The molecule has 2 N–H and O–H groups in total. The van der Waals surface area contributed by atoms with E-state index in [1.165, 1.54) is 6.42 Å². The largest absolute Gasteiger partial charge is 0.342 e. The fraction of sp³-hybridized carbons (Fsp3) is 0.905. The highest BCUT2D eigenvalue weighted by Gasteiger charge is 2.36. The standard InChI is InChI=1S/C21H38N4O2.ClH/c1-16-5-4-9-25(13-16)20(27)17-6-11-24(12-7-17)19(26)14-23-10-8-18(22)21(2,3)15-23;/h16-18H,4-15,22H2,1-3H3;1H. The molecule has 0 radical (unpaired) electrons. The van der Waals surface area contributed by atoms with Crippen molar-refractivity contribution in [2.45, 2.75) is 58.9 Å². The minimum Gasteiger partial charge on any atom is -0.342 e. The van der Waals surface area contributed by atoms with E-state index in [-0.39, 0.29) is 35.7 Å². The number of piperidine rings is 3. The number of rotatable bonds is 3. The van der Waals surface area contributed by atoms with Gasteiger partial charge in [-0.2, -0.15) is 0 Å². The summed E-state index contributed by atoms with van der Waals surface area (Å²) in [5.41, 5.74) is 6.26. The van der Waals surface area contributed by atoms with Gasteiger partial charge >= 0.3 is 0 Å². The van der Waals surface area contributed by atoms with E-state index in [0.717, 1.165) is 65.0 Å². The molecule has 7 heteroatoms. The van der Waals surface area contributed by atoms with Gasteiger partial charge < -0.3 is 15.5 Å². The molecule has 0 bridgehead atoms. The Morgan fingerprint density at radius 2 is 1.68 bits per heavy atom. The van der Waals surface area contributed by atoms with Crippen molar-refractivity contribution in [1.82, 2.24) is 14.7 Å². The maximum atomic E-state index is 12.8. The molecule has 3 fully saturated rings. The zero-order valence-corrected chi connectivity index (χ0v) is 18.7. The summed E-state index contributed by atoms with van der Waals surface area (Å²) in [5.74, 6) is 1.25. The molecule has 0 aliphatic carbocycles. The lowest BCUT2D eigenvalue weighted by Gasteiger charge is -2.43. The molecule has 3 rings (SSSR count). The maximum absolute atomic E-state index is 12.8. The van der Waals surface area contributed by atoms with E-state index in [2.05, 4.69) is 30.6 Å². The van der Waals surface area contributed by atoms with Gasteiger partial charge in [0.25, 0.3) is 0 Å². The van der Waals surface area contributed by atoms with Crippen molar-refractivity contribution in [3.63, 3.8) is 0 Å². The Labute approximate surface area is 176 Å². The Kier molecular flexibility index (Phi) is 8.17. The zero-order valence-electron chi connectivity index (χ0n) is 17.9. The molecular formula is C21H39ClN4O2. The number of halogens is 1. The van der Waals surface area contributed by atoms with Crippen molar-refractivity contribution in [3.8, 4) is 0 Å². The van der Waals surface area contributed by atoms with Crippen molar-refractivity contribution in [2.75, 3.05) is 45.8 Å². The number of amides is 2. The average Bonchev–Trinajstić information content (AvgIpc) is 2.64. The van der Waals surface area contributed by atoms with Crippen LogP contribution < -0.4 is 5.73 Å². The summed E-state index contributed by atoms with van der Waals surface area (Å²) < 4.78 is 0. The summed E-state index contributed by atoms with van der Waals surface area (Å²) in [4.78, 5) is 31.8. The third-order valence-corrected chi connectivity index (χ3v) is 6.92. The topological polar surface area (TPSA) is 69.9 Å². The molecule has 0 spiro atoms. The van der Waals surface area contributed by atoms with Gasteiger partial charge in [-0.3, -0.25) is 14.5 Å². The predicted octanol–water partition coefficient (Wildman–Crippen LogP) is 1.96. The highest BCUT2D eigenvalue weighted by atomic mass is 35.5. The normalized spacial score (nSPS) is 29.3. The number of nitrogens with zero attached hydrogens (tertiary/aromatic N) is 3. The summed E-state index contributed by atoms with van der Waals surface area (Å²) in [6, 6.07) is 0.211. The van der Waals surface area contributed by atoms with Crippen molar-refractivity contribution in [1.29, 1.82) is 0 Å². The number of likely N-dealkylation sites (tertiary alicyclic amines) is 3. The van der Waals surface area contributed by atoms with E-state index in [1.807, 2.05) is 4.90 Å². The first-order valence-corrected chi connectivity index (χ1v) is 10.8. The second kappa shape index (κ2) is 9.77. The summed E-state index contributed by atoms with van der Waals surface area (Å²) in [7, 11) is 0. The molecular weight excluding hydrogens is 376 g/mol. The molecule has 0 aromatic carbocycles. The molecule has 6 nitrogen and oxygen atoms in total. The average molecular weight is 415 g/mol. The molecule has 2 unspecified atom stereocenters. The van der Waals surface area contributed by atoms with E-state index in [9.17, 15) is 9.59 Å². The second-order valence-electron chi connectivity index (χ2n) is 9.78. The van der Waals surface area contributed by atoms with Crippen LogP contribution >= 0.6 is 12.4 Å². The maximum Gasteiger partial charge on any atom is 0.236 e. The third kappa shape index (κ3) is 5.61. The van der Waals surface area contributed by atoms with Gasteiger partial charge in [-0.25, -0.2) is 0 Å². The van der Waals surface area contributed by atoms with Crippen molar-refractivity contribution in [2.24, 2.45) is 23.0 Å². The molecule has 2 amide bonds. The zero-order chi connectivity index (χ0) is 19.6. The third-order valence-electron chi connectivity index (χ3n) is 6.92. The van der Waals surface area contributed by atoms with Crippen LogP contribution in [-0.2, 0) is 9.59 Å². The lowest BCUT2D eigenvalue weighted by molar-refractivity contribution is -0.142. The molecule has 162 valence electrons. The number of nitrogens with two attached hydrogens (primary N) is 1. The smallest absolute Gasteiger partial charge is 0.236 e. The highest BCUT2D eigenvalue weighted by molar-refractivity contribution is 5.85. The molecule has 3 saturated heterocycles. The van der Waals surface area contributed by atoms with Crippen LogP contribution in [0.2, 0.25) is 0 Å². The first-order valence-electron chi connectivity index (χ1n) is 10.8. The van der Waals surface area contributed by atoms with Crippen LogP contribution in [0.4, 0.5) is 0 Å². The molecule has 3 aliphatic rings. The number of carbonyl (C=O) groups excluding carboxylic acids is 2. The Balaban J connectivity index is 0.00000280. The van der Waals surface area contributed by atoms with Gasteiger partial charge in [0.2, 0.25) is 11.8 Å². The molecule has 3 heterocycles. The monoisotopic (exact) mass is 414 g/mol. The van der Waals surface area contributed by atoms with Crippen molar-refractivity contribution < 1.29 is 9.59 Å². The Bertz CT molecular complexity index is 549. The fourth-order valence-electron chi connectivity index (χ4n) is 4.93. The summed E-state index contributed by atoms with van der Waals surface area (Å²) in [5, 5.41) is 0. The van der Waals surface area contributed by atoms with Crippen LogP contribution in [0.25, 0.3) is 0 Å². The van der Waals surface area contributed by atoms with Gasteiger partial charge in [0.05, 0.1) is 6.54 Å². The van der Waals surface area contributed by atoms with Crippen LogP contribution in [0.1, 0.15) is 52.9 Å². The van der Waals surface area contributed by atoms with E-state index >= 15 is 0 Å². The summed E-state index contributed by atoms with van der Waals surface area (Å²) in [6.07, 6.45) is 4.93. The minimum atomic E-state index is 0. The fourth-order valence-corrected chi connectivity index (χ4v) is 4.93. The number of carbonyl (C=O) groups is 2. The van der Waals surface area contributed by atoms with Gasteiger partial charge in [-0.05, 0) is 43.4 Å². The predicted molar refractivity (Wildman–Crippen MR) is 114 cm³/mol. The molecule has 3 aliphatic heterocycles. The summed E-state index contributed by atoms with van der Waals surface area (Å²) >= 11 is 0. The lowest BCUT2D eigenvalue weighted by Crippen LogP contribution is -2.55. The van der Waals surface area contributed by atoms with Crippen molar-refractivity contribution >= 4 is 24.2 Å². The SMILES string of the molecule is CC1CCCN(C(=O)C2CCN(C(=O)CN3CCC(N)C(C)(C)C3)CC2)C1.Cl. The van der Waals surface area contributed by atoms with Gasteiger partial charge in [0.15, 0.2) is 0 Å². The highest BCUT2D eigenvalue weighted by Crippen LogP contribution is 2.28. The van der Waals surface area contributed by atoms with E-state index < -0.39 is 0 Å². The molecule has 0 aromatic rings. The molecule has 0 saturated carbocycles. The van der Waals surface area contributed by atoms with E-state index in [4.69, 9.17) is 5.73 Å². The van der Waals surface area contributed by atoms with Crippen molar-refractivity contribution in [3.05, 3.63) is 0 Å². The Morgan fingerprint density at radius 3 is 2.29 bits per heavy atom. The van der Waals surface area contributed by atoms with Crippen LogP contribution in [0.15, 0.2) is 0 Å². The number of hydrogen-bond acceptors (Lipinski definition) is 4. The number of hydrogen-bond donors (Lipinski definition) is 1. The quantitative estimate of drug-likeness (QED) is 0.766. The van der Waals surface area contributed by atoms with E-state index in [1.54, 1.807) is 0 Å². The van der Waals surface area contributed by atoms with Crippen LogP contribution in [0, 0.1) is 17.3 Å². The molecule has 2 atom stereocenters. The van der Waals surface area contributed by atoms with Crippen LogP contribution in [-0.4, -0.2) is 78.4 Å². The van der Waals surface area contributed by atoms with Gasteiger partial charge in [-0.1, -0.05) is 20.8 Å². The van der Waals surface area contributed by atoms with Gasteiger partial charge in [0, 0.05) is 51.2 Å². The Morgan fingerprint density at radius 1 is 1.00 bits per heavy atom. The van der Waals surface area contributed by atoms with Crippen LogP contribution in [0.5, 0.6) is 0 Å².